The van der Waals surface area contributed by atoms with Gasteiger partial charge in [0.25, 0.3) is 5.91 Å². The van der Waals surface area contributed by atoms with Gasteiger partial charge in [0.05, 0.1) is 12.6 Å². The predicted molar refractivity (Wildman–Crippen MR) is 106 cm³/mol. The first-order chi connectivity index (χ1) is 13.7. The monoisotopic (exact) mass is 398 g/mol. The minimum Gasteiger partial charge on any atom is -0.462 e. The number of hydrogen-bond donors (Lipinski definition) is 1. The molecule has 1 N–H and O–H groups in total. The molecule has 8 heteroatoms. The normalized spacial score (nSPS) is 17.1. The number of nitrogens with zero attached hydrogens (tertiary/aromatic N) is 3. The van der Waals surface area contributed by atoms with Gasteiger partial charge in [0.1, 0.15) is 23.1 Å². The number of carbonyl (C=O) groups is 1. The number of methoxy groups -OCH3 is 1. The molecule has 0 radical (unpaired) electrons. The summed E-state index contributed by atoms with van der Waals surface area (Å²) in [6.07, 6.45) is 2.14. The first kappa shape index (κ1) is 18.8. The van der Waals surface area contributed by atoms with Crippen molar-refractivity contribution in [2.75, 3.05) is 19.0 Å². The molecule has 28 heavy (non-hydrogen) atoms. The number of nitrogens with one attached hydrogen (secondary N) is 1. The fraction of sp³-hybridized carbons (Fsp3) is 0.350. The second-order valence-electron chi connectivity index (χ2n) is 6.69. The maximum Gasteiger partial charge on any atom is 0.286 e. The Morgan fingerprint density at radius 3 is 2.96 bits per heavy atom. The molecule has 1 aromatic carbocycles. The van der Waals surface area contributed by atoms with Gasteiger partial charge >= 0.3 is 0 Å². The average molecular weight is 398 g/mol. The molecule has 1 aliphatic heterocycles. The molecule has 0 spiro atoms. The van der Waals surface area contributed by atoms with E-state index in [1.807, 2.05) is 42.5 Å². The topological polar surface area (TPSA) is 80.5 Å². The maximum absolute atomic E-state index is 12.4. The summed E-state index contributed by atoms with van der Waals surface area (Å²) in [5.74, 6) is 1.56. The number of para-hydroxylation sites is 1. The summed E-state index contributed by atoms with van der Waals surface area (Å²) < 4.78 is 11.1. The van der Waals surface area contributed by atoms with Gasteiger partial charge in [-0.25, -0.2) is 0 Å². The van der Waals surface area contributed by atoms with Gasteiger partial charge in [0.2, 0.25) is 5.01 Å². The summed E-state index contributed by atoms with van der Waals surface area (Å²) in [5, 5.41) is 12.3. The van der Waals surface area contributed by atoms with Crippen LogP contribution in [0.5, 0.6) is 0 Å². The molecular weight excluding hydrogens is 376 g/mol. The lowest BCUT2D eigenvalue weighted by atomic mass is 10.2. The molecule has 1 fully saturated rings. The first-order valence-corrected chi connectivity index (χ1v) is 10.0. The van der Waals surface area contributed by atoms with Crippen LogP contribution in [0.25, 0.3) is 0 Å². The molecule has 1 aliphatic rings. The molecule has 146 valence electrons. The van der Waals surface area contributed by atoms with Crippen LogP contribution in [0.3, 0.4) is 0 Å². The van der Waals surface area contributed by atoms with Gasteiger partial charge in [0.15, 0.2) is 0 Å². The molecule has 7 nitrogen and oxygen atoms in total. The van der Waals surface area contributed by atoms with Crippen LogP contribution in [0.4, 0.5) is 5.69 Å². The Morgan fingerprint density at radius 1 is 1.29 bits per heavy atom. The van der Waals surface area contributed by atoms with E-state index < -0.39 is 0 Å². The van der Waals surface area contributed by atoms with Gasteiger partial charge in [-0.15, -0.1) is 10.2 Å². The zero-order valence-corrected chi connectivity index (χ0v) is 16.4. The van der Waals surface area contributed by atoms with Crippen LogP contribution in [0.15, 0.2) is 46.9 Å². The standard InChI is InChI=1S/C20H22N4O3S/c1-26-13-15-9-10-17(27-15)16-8-5-11-24(16)12-18-22-23-20(28-18)19(25)21-14-6-3-2-4-7-14/h2-4,6-7,9-10,16H,5,8,11-13H2,1H3,(H,21,25). The Labute approximate surface area is 167 Å². The molecule has 0 aliphatic carbocycles. The van der Waals surface area contributed by atoms with Gasteiger partial charge in [-0.1, -0.05) is 29.5 Å². The quantitative estimate of drug-likeness (QED) is 0.651. The first-order valence-electron chi connectivity index (χ1n) is 9.23. The molecule has 4 rings (SSSR count). The number of ether oxygens (including phenoxy) is 1. The van der Waals surface area contributed by atoms with E-state index in [1.54, 1.807) is 7.11 Å². The van der Waals surface area contributed by atoms with E-state index in [-0.39, 0.29) is 11.9 Å². The van der Waals surface area contributed by atoms with Crippen molar-refractivity contribution in [3.63, 3.8) is 0 Å². The van der Waals surface area contributed by atoms with Gasteiger partial charge < -0.3 is 14.5 Å². The zero-order chi connectivity index (χ0) is 19.3. The molecule has 3 aromatic rings. The molecule has 1 unspecified atom stereocenters. The SMILES string of the molecule is COCc1ccc(C2CCCN2Cc2nnc(C(=O)Nc3ccccc3)s2)o1. The minimum atomic E-state index is -0.233. The highest BCUT2D eigenvalue weighted by atomic mass is 32.1. The van der Waals surface area contributed by atoms with Gasteiger partial charge in [-0.2, -0.15) is 0 Å². The maximum atomic E-state index is 12.4. The molecule has 0 saturated carbocycles. The number of benzene rings is 1. The second-order valence-corrected chi connectivity index (χ2v) is 7.75. The van der Waals surface area contributed by atoms with Crippen LogP contribution in [0, 0.1) is 0 Å². The van der Waals surface area contributed by atoms with Crippen molar-refractivity contribution in [3.8, 4) is 0 Å². The summed E-state index contributed by atoms with van der Waals surface area (Å²) in [4.78, 5) is 14.7. The highest BCUT2D eigenvalue weighted by molar-refractivity contribution is 7.13. The highest BCUT2D eigenvalue weighted by Gasteiger charge is 2.29. The Morgan fingerprint density at radius 2 is 2.14 bits per heavy atom. The average Bonchev–Trinajstić information content (AvgIpc) is 3.44. The van der Waals surface area contributed by atoms with Crippen molar-refractivity contribution in [2.24, 2.45) is 0 Å². The van der Waals surface area contributed by atoms with Crippen LogP contribution in [0.2, 0.25) is 0 Å². The smallest absolute Gasteiger partial charge is 0.286 e. The van der Waals surface area contributed by atoms with E-state index in [0.717, 1.165) is 41.6 Å². The summed E-state index contributed by atoms with van der Waals surface area (Å²) in [7, 11) is 1.66. The summed E-state index contributed by atoms with van der Waals surface area (Å²) in [6.45, 7) is 2.10. The number of hydrogen-bond acceptors (Lipinski definition) is 7. The van der Waals surface area contributed by atoms with Crippen molar-refractivity contribution in [2.45, 2.75) is 32.0 Å². The fourth-order valence-electron chi connectivity index (χ4n) is 3.42. The Bertz CT molecular complexity index is 924. The number of aromatic nitrogens is 2. The molecule has 0 bridgehead atoms. The third-order valence-electron chi connectivity index (χ3n) is 4.69. The number of amides is 1. The number of anilines is 1. The van der Waals surface area contributed by atoms with Crippen LogP contribution in [-0.2, 0) is 17.9 Å². The van der Waals surface area contributed by atoms with Crippen molar-refractivity contribution < 1.29 is 13.9 Å². The van der Waals surface area contributed by atoms with Crippen molar-refractivity contribution >= 4 is 22.9 Å². The number of carbonyl (C=O) groups excluding carboxylic acids is 1. The molecule has 1 amide bonds. The lowest BCUT2D eigenvalue weighted by molar-refractivity contribution is 0.102. The fourth-order valence-corrected chi connectivity index (χ4v) is 4.18. The van der Waals surface area contributed by atoms with Crippen molar-refractivity contribution in [1.29, 1.82) is 0 Å². The van der Waals surface area contributed by atoms with E-state index >= 15 is 0 Å². The molecule has 1 saturated heterocycles. The van der Waals surface area contributed by atoms with Crippen LogP contribution in [0.1, 0.15) is 45.2 Å². The largest absolute Gasteiger partial charge is 0.462 e. The van der Waals surface area contributed by atoms with Gasteiger partial charge in [-0.05, 0) is 43.7 Å². The van der Waals surface area contributed by atoms with E-state index in [4.69, 9.17) is 9.15 Å². The van der Waals surface area contributed by atoms with Crippen molar-refractivity contribution in [3.05, 3.63) is 64.0 Å². The van der Waals surface area contributed by atoms with E-state index in [9.17, 15) is 4.79 Å². The lowest BCUT2D eigenvalue weighted by Gasteiger charge is -2.21. The number of furan rings is 1. The molecular formula is C20H22N4O3S. The lowest BCUT2D eigenvalue weighted by Crippen LogP contribution is -2.22. The Balaban J connectivity index is 1.40. The predicted octanol–water partition coefficient (Wildman–Crippen LogP) is 3.87. The van der Waals surface area contributed by atoms with Gasteiger partial charge in [-0.3, -0.25) is 9.69 Å². The van der Waals surface area contributed by atoms with Gasteiger partial charge in [0, 0.05) is 12.8 Å². The van der Waals surface area contributed by atoms with Crippen LogP contribution in [-0.4, -0.2) is 34.7 Å². The Kier molecular flexibility index (Phi) is 5.80. The zero-order valence-electron chi connectivity index (χ0n) is 15.6. The molecule has 1 atom stereocenters. The van der Waals surface area contributed by atoms with E-state index in [1.165, 1.54) is 11.3 Å². The summed E-state index contributed by atoms with van der Waals surface area (Å²) in [5.41, 5.74) is 0.744. The van der Waals surface area contributed by atoms with E-state index in [2.05, 4.69) is 20.4 Å². The van der Waals surface area contributed by atoms with Crippen molar-refractivity contribution in [1.82, 2.24) is 15.1 Å². The second kappa shape index (κ2) is 8.64. The van der Waals surface area contributed by atoms with E-state index in [0.29, 0.717) is 18.2 Å². The highest BCUT2D eigenvalue weighted by Crippen LogP contribution is 2.34. The number of likely N-dealkylation sites (tertiary alicyclic amines) is 1. The third kappa shape index (κ3) is 4.30. The number of rotatable bonds is 7. The Hall–Kier alpha value is -2.55. The van der Waals surface area contributed by atoms with Crippen LogP contribution >= 0.6 is 11.3 Å². The summed E-state index contributed by atoms with van der Waals surface area (Å²) >= 11 is 1.33. The van der Waals surface area contributed by atoms with Crippen LogP contribution < -0.4 is 5.32 Å². The summed E-state index contributed by atoms with van der Waals surface area (Å²) in [6, 6.07) is 13.6. The molecule has 2 aromatic heterocycles. The third-order valence-corrected chi connectivity index (χ3v) is 5.60. The minimum absolute atomic E-state index is 0.219. The molecule has 3 heterocycles.